The molecule has 1 aliphatic heterocycles. The van der Waals surface area contributed by atoms with Crippen molar-refractivity contribution in [1.29, 1.82) is 0 Å². The maximum Gasteiger partial charge on any atom is 0.227 e. The molecule has 0 aliphatic carbocycles. The number of nitrogens with zero attached hydrogens (tertiary/aromatic N) is 2. The van der Waals surface area contributed by atoms with Gasteiger partial charge in [-0.25, -0.2) is 0 Å². The van der Waals surface area contributed by atoms with Crippen LogP contribution >= 0.6 is 0 Å². The molecule has 1 aromatic carbocycles. The lowest BCUT2D eigenvalue weighted by Gasteiger charge is -2.38. The van der Waals surface area contributed by atoms with Crippen molar-refractivity contribution in [3.05, 3.63) is 29.8 Å². The summed E-state index contributed by atoms with van der Waals surface area (Å²) < 4.78 is 0. The topological polar surface area (TPSA) is 49.6 Å². The van der Waals surface area contributed by atoms with E-state index in [4.69, 9.17) is 5.73 Å². The van der Waals surface area contributed by atoms with Crippen LogP contribution in [0.25, 0.3) is 0 Å². The van der Waals surface area contributed by atoms with E-state index in [1.807, 2.05) is 29.2 Å². The summed E-state index contributed by atoms with van der Waals surface area (Å²) in [4.78, 5) is 16.5. The lowest BCUT2D eigenvalue weighted by Crippen LogP contribution is -2.53. The van der Waals surface area contributed by atoms with Crippen LogP contribution in [-0.2, 0) is 11.2 Å². The fourth-order valence-electron chi connectivity index (χ4n) is 2.49. The molecule has 0 aromatic heterocycles. The summed E-state index contributed by atoms with van der Waals surface area (Å²) in [7, 11) is 2.09. The quantitative estimate of drug-likeness (QED) is 0.792. The number of carbonyl (C=O) groups excluding carboxylic acids is 1. The summed E-state index contributed by atoms with van der Waals surface area (Å²) in [6, 6.07) is 7.85. The maximum absolute atomic E-state index is 12.3. The monoisotopic (exact) mass is 247 g/mol. The number of rotatable bonds is 2. The molecule has 4 nitrogen and oxygen atoms in total. The highest BCUT2D eigenvalue weighted by molar-refractivity contribution is 5.79. The molecule has 18 heavy (non-hydrogen) atoms. The Balaban J connectivity index is 1.99. The van der Waals surface area contributed by atoms with Gasteiger partial charge in [0.15, 0.2) is 0 Å². The van der Waals surface area contributed by atoms with Crippen molar-refractivity contribution in [1.82, 2.24) is 9.80 Å². The number of nitrogens with two attached hydrogens (primary N) is 1. The summed E-state index contributed by atoms with van der Waals surface area (Å²) in [6.45, 7) is 4.82. The largest absolute Gasteiger partial charge is 0.399 e. The maximum atomic E-state index is 12.3. The van der Waals surface area contributed by atoms with E-state index < -0.39 is 0 Å². The summed E-state index contributed by atoms with van der Waals surface area (Å²) in [5.74, 6) is 0.196. The van der Waals surface area contributed by atoms with Crippen LogP contribution < -0.4 is 5.73 Å². The van der Waals surface area contributed by atoms with Gasteiger partial charge in [0.05, 0.1) is 6.42 Å². The lowest BCUT2D eigenvalue weighted by molar-refractivity contribution is -0.134. The van der Waals surface area contributed by atoms with Gasteiger partial charge in [0.2, 0.25) is 5.91 Å². The highest BCUT2D eigenvalue weighted by Crippen LogP contribution is 2.12. The predicted molar refractivity (Wildman–Crippen MR) is 73.2 cm³/mol. The number of piperazine rings is 1. The van der Waals surface area contributed by atoms with Crippen molar-refractivity contribution >= 4 is 11.6 Å². The molecule has 4 heteroatoms. The number of hydrogen-bond donors (Lipinski definition) is 1. The number of benzene rings is 1. The van der Waals surface area contributed by atoms with Gasteiger partial charge in [-0.05, 0) is 31.7 Å². The van der Waals surface area contributed by atoms with Crippen molar-refractivity contribution < 1.29 is 4.79 Å². The number of carbonyl (C=O) groups is 1. The number of likely N-dealkylation sites (N-methyl/N-ethyl adjacent to an activating group) is 1. The van der Waals surface area contributed by atoms with Crippen LogP contribution in [0.4, 0.5) is 5.69 Å². The Kier molecular flexibility index (Phi) is 3.87. The van der Waals surface area contributed by atoms with E-state index in [2.05, 4.69) is 18.9 Å². The minimum atomic E-state index is 0.196. The first-order valence-electron chi connectivity index (χ1n) is 6.38. The summed E-state index contributed by atoms with van der Waals surface area (Å²) in [5, 5.41) is 0. The van der Waals surface area contributed by atoms with E-state index >= 15 is 0 Å². The fourth-order valence-corrected chi connectivity index (χ4v) is 2.49. The zero-order valence-corrected chi connectivity index (χ0v) is 11.1. The van der Waals surface area contributed by atoms with Crippen LogP contribution in [0.15, 0.2) is 24.3 Å². The van der Waals surface area contributed by atoms with E-state index in [0.717, 1.165) is 25.2 Å². The third-order valence-corrected chi connectivity index (χ3v) is 3.46. The van der Waals surface area contributed by atoms with Crippen LogP contribution in [0.2, 0.25) is 0 Å². The Morgan fingerprint density at radius 1 is 1.44 bits per heavy atom. The predicted octanol–water partition coefficient (Wildman–Crippen LogP) is 0.974. The van der Waals surface area contributed by atoms with Crippen LogP contribution in [0.3, 0.4) is 0 Å². The Morgan fingerprint density at radius 3 is 2.89 bits per heavy atom. The first-order valence-corrected chi connectivity index (χ1v) is 6.38. The van der Waals surface area contributed by atoms with Gasteiger partial charge < -0.3 is 15.5 Å². The number of nitrogen functional groups attached to an aromatic ring is 1. The normalized spacial score (nSPS) is 21.0. The Morgan fingerprint density at radius 2 is 2.22 bits per heavy atom. The molecule has 0 radical (unpaired) electrons. The minimum absolute atomic E-state index is 0.196. The molecule has 1 heterocycles. The van der Waals surface area contributed by atoms with E-state index in [1.54, 1.807) is 0 Å². The van der Waals surface area contributed by atoms with Gasteiger partial charge in [0.25, 0.3) is 0 Å². The van der Waals surface area contributed by atoms with Gasteiger partial charge in [-0.15, -0.1) is 0 Å². The summed E-state index contributed by atoms with van der Waals surface area (Å²) in [6.07, 6.45) is 0.444. The van der Waals surface area contributed by atoms with Gasteiger partial charge in [-0.1, -0.05) is 12.1 Å². The van der Waals surface area contributed by atoms with E-state index in [0.29, 0.717) is 12.1 Å². The first-order chi connectivity index (χ1) is 8.56. The van der Waals surface area contributed by atoms with E-state index in [1.165, 1.54) is 0 Å². The van der Waals surface area contributed by atoms with Crippen molar-refractivity contribution in [2.24, 2.45) is 0 Å². The summed E-state index contributed by atoms with van der Waals surface area (Å²) >= 11 is 0. The van der Waals surface area contributed by atoms with Gasteiger partial charge in [-0.2, -0.15) is 0 Å². The van der Waals surface area contributed by atoms with Crippen LogP contribution in [0.1, 0.15) is 12.5 Å². The number of amides is 1. The Bertz CT molecular complexity index is 433. The molecule has 1 aromatic rings. The van der Waals surface area contributed by atoms with Gasteiger partial charge in [0.1, 0.15) is 0 Å². The average Bonchev–Trinajstić information content (AvgIpc) is 2.28. The van der Waals surface area contributed by atoms with Gasteiger partial charge in [0, 0.05) is 31.4 Å². The highest BCUT2D eigenvalue weighted by Gasteiger charge is 2.25. The van der Waals surface area contributed by atoms with E-state index in [-0.39, 0.29) is 11.9 Å². The third-order valence-electron chi connectivity index (χ3n) is 3.46. The molecule has 2 rings (SSSR count). The Hall–Kier alpha value is -1.55. The molecular formula is C14H21N3O. The van der Waals surface area contributed by atoms with Crippen molar-refractivity contribution in [3.8, 4) is 0 Å². The lowest BCUT2D eigenvalue weighted by atomic mass is 10.1. The summed E-state index contributed by atoms with van der Waals surface area (Å²) in [5.41, 5.74) is 7.43. The smallest absolute Gasteiger partial charge is 0.227 e. The molecular weight excluding hydrogens is 226 g/mol. The van der Waals surface area contributed by atoms with Gasteiger partial charge >= 0.3 is 0 Å². The molecule has 1 fully saturated rings. The van der Waals surface area contributed by atoms with Crippen molar-refractivity contribution in [2.45, 2.75) is 19.4 Å². The molecule has 0 saturated carbocycles. The number of anilines is 1. The standard InChI is InChI=1S/C14H21N3O/c1-11-10-16(2)6-7-17(11)14(18)9-12-4-3-5-13(15)8-12/h3-5,8,11H,6-7,9-10,15H2,1-2H3. The third kappa shape index (κ3) is 3.01. The SMILES string of the molecule is CC1CN(C)CCN1C(=O)Cc1cccc(N)c1. The first kappa shape index (κ1) is 12.9. The fraction of sp³-hybridized carbons (Fsp3) is 0.500. The van der Waals surface area contributed by atoms with Gasteiger partial charge in [-0.3, -0.25) is 4.79 Å². The number of hydrogen-bond acceptors (Lipinski definition) is 3. The highest BCUT2D eigenvalue weighted by atomic mass is 16.2. The van der Waals surface area contributed by atoms with Crippen molar-refractivity contribution in [3.63, 3.8) is 0 Å². The van der Waals surface area contributed by atoms with Crippen molar-refractivity contribution in [2.75, 3.05) is 32.4 Å². The zero-order chi connectivity index (χ0) is 13.1. The molecule has 0 bridgehead atoms. The molecule has 98 valence electrons. The second kappa shape index (κ2) is 5.40. The van der Waals surface area contributed by atoms with E-state index in [9.17, 15) is 4.79 Å². The zero-order valence-electron chi connectivity index (χ0n) is 11.1. The second-order valence-corrected chi connectivity index (χ2v) is 5.12. The van der Waals surface area contributed by atoms with Crippen LogP contribution in [-0.4, -0.2) is 48.4 Å². The minimum Gasteiger partial charge on any atom is -0.399 e. The van der Waals surface area contributed by atoms with Crippen LogP contribution in [0.5, 0.6) is 0 Å². The molecule has 1 saturated heterocycles. The molecule has 0 spiro atoms. The molecule has 2 N–H and O–H groups in total. The average molecular weight is 247 g/mol. The molecule has 1 atom stereocenters. The molecule has 1 aliphatic rings. The van der Waals surface area contributed by atoms with Crippen LogP contribution in [0, 0.1) is 0 Å². The molecule has 1 amide bonds. The molecule has 1 unspecified atom stereocenters. The Labute approximate surface area is 108 Å². The second-order valence-electron chi connectivity index (χ2n) is 5.12.